The first-order valence-corrected chi connectivity index (χ1v) is 11.0. The summed E-state index contributed by atoms with van der Waals surface area (Å²) in [7, 11) is -3.78. The molecular weight excluding hydrogens is 336 g/mol. The van der Waals surface area contributed by atoms with Crippen LogP contribution in [0.15, 0.2) is 29.2 Å². The third-order valence-electron chi connectivity index (χ3n) is 4.37. The van der Waals surface area contributed by atoms with Crippen LogP contribution in [0.1, 0.15) is 76.7 Å². The Bertz CT molecular complexity index is 552. The predicted octanol–water partition coefficient (Wildman–Crippen LogP) is 4.98. The van der Waals surface area contributed by atoms with Crippen LogP contribution in [-0.4, -0.2) is 26.2 Å². The number of aliphatic hydroxyl groups is 1. The van der Waals surface area contributed by atoms with Crippen molar-refractivity contribution >= 4 is 10.1 Å². The quantitative estimate of drug-likeness (QED) is 0.370. The monoisotopic (exact) mass is 370 g/mol. The molecule has 0 bridgehead atoms. The molecule has 0 amide bonds. The van der Waals surface area contributed by atoms with Crippen molar-refractivity contribution < 1.29 is 17.7 Å². The van der Waals surface area contributed by atoms with E-state index in [0.29, 0.717) is 6.42 Å². The van der Waals surface area contributed by atoms with Gasteiger partial charge in [-0.2, -0.15) is 8.42 Å². The summed E-state index contributed by atoms with van der Waals surface area (Å²) < 4.78 is 29.0. The van der Waals surface area contributed by atoms with Crippen LogP contribution in [0.5, 0.6) is 0 Å². The fourth-order valence-corrected chi connectivity index (χ4v) is 3.66. The predicted molar refractivity (Wildman–Crippen MR) is 102 cm³/mol. The number of hydrogen-bond acceptors (Lipinski definition) is 4. The Labute approximate surface area is 153 Å². The molecule has 0 unspecified atom stereocenters. The summed E-state index contributed by atoms with van der Waals surface area (Å²) in [5, 5.41) is 9.91. The Morgan fingerprint density at radius 2 is 1.44 bits per heavy atom. The average Bonchev–Trinajstić information content (AvgIpc) is 2.59. The maximum Gasteiger partial charge on any atom is 0.297 e. The second-order valence-electron chi connectivity index (χ2n) is 6.82. The number of unbranched alkanes of at least 4 members (excludes halogenated alkanes) is 8. The van der Waals surface area contributed by atoms with Gasteiger partial charge in [0.25, 0.3) is 10.1 Å². The molecule has 0 saturated carbocycles. The second kappa shape index (κ2) is 12.4. The van der Waals surface area contributed by atoms with Crippen LogP contribution in [0, 0.1) is 6.92 Å². The molecule has 1 aromatic rings. The van der Waals surface area contributed by atoms with E-state index >= 15 is 0 Å². The topological polar surface area (TPSA) is 63.6 Å². The summed E-state index contributed by atoms with van der Waals surface area (Å²) in [6.07, 6.45) is 10.8. The van der Waals surface area contributed by atoms with Crippen LogP contribution in [0.3, 0.4) is 0 Å². The minimum Gasteiger partial charge on any atom is -0.391 e. The van der Waals surface area contributed by atoms with Crippen molar-refractivity contribution in [3.8, 4) is 0 Å². The van der Waals surface area contributed by atoms with Gasteiger partial charge in [0, 0.05) is 0 Å². The maximum atomic E-state index is 12.0. The van der Waals surface area contributed by atoms with E-state index in [0.717, 1.165) is 18.4 Å². The number of rotatable bonds is 14. The summed E-state index contributed by atoms with van der Waals surface area (Å²) in [6, 6.07) is 6.51. The first-order valence-electron chi connectivity index (χ1n) is 9.60. The lowest BCUT2D eigenvalue weighted by atomic mass is 10.1. The number of benzene rings is 1. The molecular formula is C20H34O4S. The van der Waals surface area contributed by atoms with Crippen LogP contribution >= 0.6 is 0 Å². The van der Waals surface area contributed by atoms with Gasteiger partial charge in [-0.05, 0) is 25.5 Å². The van der Waals surface area contributed by atoms with E-state index in [1.54, 1.807) is 12.1 Å². The van der Waals surface area contributed by atoms with Crippen LogP contribution in [0.2, 0.25) is 0 Å². The van der Waals surface area contributed by atoms with E-state index < -0.39 is 16.2 Å². The standard InChI is InChI=1S/C20H34O4S/c1-3-4-5-6-7-8-9-10-11-12-19(21)17-24-25(22,23)20-15-13-18(2)14-16-20/h13-16,19,21H,3-12,17H2,1-2H3/t19-/m0/s1. The largest absolute Gasteiger partial charge is 0.391 e. The normalized spacial score (nSPS) is 13.1. The van der Waals surface area contributed by atoms with Crippen LogP contribution in [-0.2, 0) is 14.3 Å². The highest BCUT2D eigenvalue weighted by Gasteiger charge is 2.17. The minimum absolute atomic E-state index is 0.133. The Kier molecular flexibility index (Phi) is 11.0. The molecule has 0 aliphatic rings. The lowest BCUT2D eigenvalue weighted by Crippen LogP contribution is -2.19. The minimum atomic E-state index is -3.78. The fraction of sp³-hybridized carbons (Fsp3) is 0.700. The molecule has 0 aliphatic heterocycles. The van der Waals surface area contributed by atoms with E-state index in [1.807, 2.05) is 6.92 Å². The highest BCUT2D eigenvalue weighted by molar-refractivity contribution is 7.86. The molecule has 0 heterocycles. The summed E-state index contributed by atoms with van der Waals surface area (Å²) in [5.74, 6) is 0. The molecule has 4 nitrogen and oxygen atoms in total. The molecule has 0 radical (unpaired) electrons. The molecule has 1 rings (SSSR count). The number of aryl methyl sites for hydroxylation is 1. The van der Waals surface area contributed by atoms with Gasteiger partial charge >= 0.3 is 0 Å². The maximum absolute atomic E-state index is 12.0. The van der Waals surface area contributed by atoms with Gasteiger partial charge in [-0.15, -0.1) is 0 Å². The van der Waals surface area contributed by atoms with E-state index in [-0.39, 0.29) is 11.5 Å². The van der Waals surface area contributed by atoms with Crippen molar-refractivity contribution in [3.05, 3.63) is 29.8 Å². The van der Waals surface area contributed by atoms with Crippen molar-refractivity contribution in [1.82, 2.24) is 0 Å². The van der Waals surface area contributed by atoms with Crippen molar-refractivity contribution in [1.29, 1.82) is 0 Å². The van der Waals surface area contributed by atoms with Gasteiger partial charge in [-0.3, -0.25) is 4.18 Å². The highest BCUT2D eigenvalue weighted by Crippen LogP contribution is 2.15. The first-order chi connectivity index (χ1) is 12.0. The third-order valence-corrected chi connectivity index (χ3v) is 5.66. The molecule has 144 valence electrons. The Hall–Kier alpha value is -0.910. The molecule has 1 aromatic carbocycles. The van der Waals surface area contributed by atoms with Gasteiger partial charge in [0.1, 0.15) is 0 Å². The lowest BCUT2D eigenvalue weighted by molar-refractivity contribution is 0.100. The molecule has 0 spiro atoms. The van der Waals surface area contributed by atoms with E-state index in [1.165, 1.54) is 57.1 Å². The molecule has 1 atom stereocenters. The Morgan fingerprint density at radius 3 is 2.00 bits per heavy atom. The average molecular weight is 371 g/mol. The zero-order chi connectivity index (χ0) is 18.5. The summed E-state index contributed by atoms with van der Waals surface area (Å²) >= 11 is 0. The van der Waals surface area contributed by atoms with Gasteiger partial charge in [-0.25, -0.2) is 0 Å². The summed E-state index contributed by atoms with van der Waals surface area (Å²) in [6.45, 7) is 3.94. The van der Waals surface area contributed by atoms with Gasteiger partial charge in [0.15, 0.2) is 0 Å². The lowest BCUT2D eigenvalue weighted by Gasteiger charge is -2.11. The summed E-state index contributed by atoms with van der Waals surface area (Å²) in [5.41, 5.74) is 0.990. The third kappa shape index (κ3) is 9.97. The van der Waals surface area contributed by atoms with Crippen molar-refractivity contribution in [2.45, 2.75) is 89.1 Å². The zero-order valence-electron chi connectivity index (χ0n) is 15.7. The fourth-order valence-electron chi connectivity index (χ4n) is 2.72. The SMILES string of the molecule is CCCCCCCCCCC[C@H](O)COS(=O)(=O)c1ccc(C)cc1. The zero-order valence-corrected chi connectivity index (χ0v) is 16.6. The van der Waals surface area contributed by atoms with Crippen LogP contribution in [0.25, 0.3) is 0 Å². The van der Waals surface area contributed by atoms with Gasteiger partial charge in [0.2, 0.25) is 0 Å². The van der Waals surface area contributed by atoms with Gasteiger partial charge < -0.3 is 5.11 Å². The summed E-state index contributed by atoms with van der Waals surface area (Å²) in [4.78, 5) is 0.133. The Morgan fingerprint density at radius 1 is 0.920 bits per heavy atom. The van der Waals surface area contributed by atoms with Crippen molar-refractivity contribution in [2.75, 3.05) is 6.61 Å². The molecule has 0 fully saturated rings. The van der Waals surface area contributed by atoms with Crippen molar-refractivity contribution in [3.63, 3.8) is 0 Å². The van der Waals surface area contributed by atoms with Crippen LogP contribution in [0.4, 0.5) is 0 Å². The first kappa shape index (κ1) is 22.1. The van der Waals surface area contributed by atoms with E-state index in [4.69, 9.17) is 4.18 Å². The Balaban J connectivity index is 2.12. The number of hydrogen-bond donors (Lipinski definition) is 1. The highest BCUT2D eigenvalue weighted by atomic mass is 32.2. The molecule has 0 saturated heterocycles. The van der Waals surface area contributed by atoms with Crippen LogP contribution < -0.4 is 0 Å². The molecule has 0 aromatic heterocycles. The second-order valence-corrected chi connectivity index (χ2v) is 8.44. The van der Waals surface area contributed by atoms with Gasteiger partial charge in [-0.1, -0.05) is 82.4 Å². The molecule has 1 N–H and O–H groups in total. The molecule has 0 aliphatic carbocycles. The molecule has 5 heteroatoms. The smallest absolute Gasteiger partial charge is 0.297 e. The van der Waals surface area contributed by atoms with E-state index in [9.17, 15) is 13.5 Å². The van der Waals surface area contributed by atoms with E-state index in [2.05, 4.69) is 6.92 Å². The van der Waals surface area contributed by atoms with Gasteiger partial charge in [0.05, 0.1) is 17.6 Å². The van der Waals surface area contributed by atoms with Crippen molar-refractivity contribution in [2.24, 2.45) is 0 Å². The number of aliphatic hydroxyl groups excluding tert-OH is 1. The molecule has 25 heavy (non-hydrogen) atoms.